The van der Waals surface area contributed by atoms with Gasteiger partial charge in [0.1, 0.15) is 5.75 Å². The minimum atomic E-state index is -4.87. The van der Waals surface area contributed by atoms with Crippen molar-refractivity contribution >= 4 is 10.0 Å². The third kappa shape index (κ3) is 4.19. The lowest BCUT2D eigenvalue weighted by atomic mass is 9.86. The van der Waals surface area contributed by atoms with Crippen molar-refractivity contribution in [1.82, 2.24) is 0 Å². The van der Waals surface area contributed by atoms with E-state index in [4.69, 9.17) is 5.14 Å². The first-order valence-electron chi connectivity index (χ1n) is 8.03. The molecule has 0 saturated heterocycles. The second-order valence-electron chi connectivity index (χ2n) is 6.56. The van der Waals surface area contributed by atoms with E-state index in [0.717, 1.165) is 30.2 Å². The number of halogens is 3. The smallest absolute Gasteiger partial charge is 0.406 e. The van der Waals surface area contributed by atoms with E-state index >= 15 is 0 Å². The summed E-state index contributed by atoms with van der Waals surface area (Å²) < 4.78 is 65.8. The Balaban J connectivity index is 2.16. The number of primary sulfonamides is 1. The number of hydrogen-bond acceptors (Lipinski definition) is 3. The number of sulfonamides is 1. The van der Waals surface area contributed by atoms with Gasteiger partial charge in [-0.2, -0.15) is 0 Å². The predicted molar refractivity (Wildman–Crippen MR) is 90.1 cm³/mol. The van der Waals surface area contributed by atoms with Crippen molar-refractivity contribution < 1.29 is 26.3 Å². The Hall–Kier alpha value is -2.06. The molecule has 4 nitrogen and oxygen atoms in total. The maximum atomic E-state index is 12.6. The van der Waals surface area contributed by atoms with E-state index in [1.165, 1.54) is 0 Å². The van der Waals surface area contributed by atoms with Gasteiger partial charge in [-0.1, -0.05) is 37.3 Å². The van der Waals surface area contributed by atoms with Gasteiger partial charge in [-0.25, -0.2) is 13.6 Å². The maximum Gasteiger partial charge on any atom is 0.573 e. The van der Waals surface area contributed by atoms with E-state index in [-0.39, 0.29) is 22.3 Å². The number of ether oxygens (including phenoxy) is 1. The molecule has 3 rings (SSSR count). The highest BCUT2D eigenvalue weighted by Gasteiger charge is 2.43. The van der Waals surface area contributed by atoms with Gasteiger partial charge < -0.3 is 4.74 Å². The van der Waals surface area contributed by atoms with Crippen LogP contribution in [0, 0.1) is 11.8 Å². The Labute approximate surface area is 149 Å². The standard InChI is InChI=1S/C18H18F3NO3S/c1-11-9-14(11)17(12-5-3-2-4-6-12)15-10-13(25-18(19,20)21)7-8-16(15)26(22,23)24/h2-8,10-11,14,17H,9H2,1H3,(H2,22,23,24)/t11-,14-,17+/m0/s1. The molecule has 1 aliphatic carbocycles. The lowest BCUT2D eigenvalue weighted by Gasteiger charge is -2.22. The van der Waals surface area contributed by atoms with Crippen molar-refractivity contribution in [3.63, 3.8) is 0 Å². The van der Waals surface area contributed by atoms with E-state index < -0.39 is 22.1 Å². The van der Waals surface area contributed by atoms with Crippen LogP contribution in [0.4, 0.5) is 13.2 Å². The second kappa shape index (κ2) is 6.59. The highest BCUT2D eigenvalue weighted by molar-refractivity contribution is 7.89. The Morgan fingerprint density at radius 2 is 1.77 bits per heavy atom. The fraction of sp³-hybridized carbons (Fsp3) is 0.333. The molecule has 0 unspecified atom stereocenters. The molecule has 2 aromatic carbocycles. The lowest BCUT2D eigenvalue weighted by molar-refractivity contribution is -0.274. The summed E-state index contributed by atoms with van der Waals surface area (Å²) in [5.74, 6) is -0.384. The fourth-order valence-electron chi connectivity index (χ4n) is 3.36. The summed E-state index contributed by atoms with van der Waals surface area (Å²) in [6.07, 6.45) is -4.01. The summed E-state index contributed by atoms with van der Waals surface area (Å²) in [4.78, 5) is -0.181. The number of rotatable bonds is 5. The van der Waals surface area contributed by atoms with Crippen molar-refractivity contribution in [2.45, 2.75) is 30.5 Å². The van der Waals surface area contributed by atoms with Gasteiger partial charge in [0.25, 0.3) is 0 Å². The number of nitrogens with two attached hydrogens (primary N) is 1. The van der Waals surface area contributed by atoms with Crippen LogP contribution < -0.4 is 9.88 Å². The van der Waals surface area contributed by atoms with Crippen LogP contribution in [0.25, 0.3) is 0 Å². The Bertz CT molecular complexity index is 898. The monoisotopic (exact) mass is 385 g/mol. The first kappa shape index (κ1) is 18.7. The topological polar surface area (TPSA) is 69.4 Å². The van der Waals surface area contributed by atoms with Gasteiger partial charge in [-0.15, -0.1) is 13.2 Å². The Kier molecular flexibility index (Phi) is 4.74. The van der Waals surface area contributed by atoms with Crippen LogP contribution >= 0.6 is 0 Å². The van der Waals surface area contributed by atoms with Crippen molar-refractivity contribution in [3.8, 4) is 5.75 Å². The van der Waals surface area contributed by atoms with Crippen LogP contribution in [0.15, 0.2) is 53.4 Å². The first-order chi connectivity index (χ1) is 12.1. The first-order valence-corrected chi connectivity index (χ1v) is 9.58. The van der Waals surface area contributed by atoms with E-state index in [1.54, 1.807) is 0 Å². The van der Waals surface area contributed by atoms with Gasteiger partial charge >= 0.3 is 6.36 Å². The molecule has 0 amide bonds. The van der Waals surface area contributed by atoms with E-state index in [9.17, 15) is 21.6 Å². The third-order valence-corrected chi connectivity index (χ3v) is 5.60. The minimum absolute atomic E-state index is 0.124. The van der Waals surface area contributed by atoms with Gasteiger partial charge in [0.2, 0.25) is 10.0 Å². The largest absolute Gasteiger partial charge is 0.573 e. The van der Waals surface area contributed by atoms with Crippen molar-refractivity contribution in [3.05, 3.63) is 59.7 Å². The van der Waals surface area contributed by atoms with Crippen LogP contribution in [0.1, 0.15) is 30.4 Å². The zero-order valence-corrected chi connectivity index (χ0v) is 14.7. The molecule has 0 spiro atoms. The normalized spacial score (nSPS) is 21.3. The zero-order valence-electron chi connectivity index (χ0n) is 13.9. The van der Waals surface area contributed by atoms with Gasteiger partial charge in [0.15, 0.2) is 0 Å². The molecule has 2 aromatic rings. The minimum Gasteiger partial charge on any atom is -0.406 e. The number of alkyl halides is 3. The summed E-state index contributed by atoms with van der Waals surface area (Å²) in [6.45, 7) is 2.02. The van der Waals surface area contributed by atoms with E-state index in [1.807, 2.05) is 37.3 Å². The molecule has 140 valence electrons. The quantitative estimate of drug-likeness (QED) is 0.845. The molecule has 3 atom stereocenters. The van der Waals surface area contributed by atoms with Crippen LogP contribution in [-0.4, -0.2) is 14.8 Å². The summed E-state index contributed by atoms with van der Waals surface area (Å²) in [6, 6.07) is 12.3. The highest BCUT2D eigenvalue weighted by Crippen LogP contribution is 2.52. The zero-order chi connectivity index (χ0) is 19.1. The average molecular weight is 385 g/mol. The molecule has 26 heavy (non-hydrogen) atoms. The molecule has 2 N–H and O–H groups in total. The molecule has 0 aromatic heterocycles. The second-order valence-corrected chi connectivity index (χ2v) is 8.09. The number of hydrogen-bond donors (Lipinski definition) is 1. The third-order valence-electron chi connectivity index (χ3n) is 4.61. The van der Waals surface area contributed by atoms with Crippen molar-refractivity contribution in [2.75, 3.05) is 0 Å². The molecule has 1 aliphatic rings. The SMILES string of the molecule is C[C@H]1C[C@@H]1[C@@H](c1ccccc1)c1cc(OC(F)(F)F)ccc1S(N)(=O)=O. The molecule has 0 bridgehead atoms. The highest BCUT2D eigenvalue weighted by atomic mass is 32.2. The molecule has 1 saturated carbocycles. The lowest BCUT2D eigenvalue weighted by Crippen LogP contribution is -2.20. The maximum absolute atomic E-state index is 12.6. The summed E-state index contributed by atoms with van der Waals surface area (Å²) in [7, 11) is -4.11. The van der Waals surface area contributed by atoms with Crippen LogP contribution in [0.5, 0.6) is 5.75 Å². The predicted octanol–water partition coefficient (Wildman–Crippen LogP) is 4.02. The van der Waals surface area contributed by atoms with E-state index in [0.29, 0.717) is 5.92 Å². The molecule has 0 heterocycles. The molecular formula is C18H18F3NO3S. The summed E-state index contributed by atoms with van der Waals surface area (Å²) >= 11 is 0. The van der Waals surface area contributed by atoms with Crippen LogP contribution in [-0.2, 0) is 10.0 Å². The summed E-state index contributed by atoms with van der Waals surface area (Å²) in [5.41, 5.74) is 1.06. The van der Waals surface area contributed by atoms with Crippen LogP contribution in [0.2, 0.25) is 0 Å². The number of benzene rings is 2. The Morgan fingerprint density at radius 3 is 2.27 bits per heavy atom. The van der Waals surface area contributed by atoms with E-state index in [2.05, 4.69) is 4.74 Å². The molecule has 1 fully saturated rings. The molecular weight excluding hydrogens is 367 g/mol. The molecule has 8 heteroatoms. The van der Waals surface area contributed by atoms with Gasteiger partial charge in [-0.05, 0) is 47.6 Å². The van der Waals surface area contributed by atoms with Gasteiger partial charge in [0, 0.05) is 5.92 Å². The summed E-state index contributed by atoms with van der Waals surface area (Å²) in [5, 5.41) is 5.32. The molecule has 0 radical (unpaired) electrons. The van der Waals surface area contributed by atoms with Crippen molar-refractivity contribution in [1.29, 1.82) is 0 Å². The molecule has 0 aliphatic heterocycles. The Morgan fingerprint density at radius 1 is 1.15 bits per heavy atom. The van der Waals surface area contributed by atoms with Crippen LogP contribution in [0.3, 0.4) is 0 Å². The van der Waals surface area contributed by atoms with Gasteiger partial charge in [0.05, 0.1) is 4.90 Å². The fourth-order valence-corrected chi connectivity index (χ4v) is 4.13. The average Bonchev–Trinajstić information content (AvgIpc) is 3.22. The van der Waals surface area contributed by atoms with Crippen molar-refractivity contribution in [2.24, 2.45) is 17.0 Å². The van der Waals surface area contributed by atoms with Gasteiger partial charge in [-0.3, -0.25) is 0 Å².